The van der Waals surface area contributed by atoms with Gasteiger partial charge in [0.15, 0.2) is 0 Å². The molecule has 2 aromatic heterocycles. The Morgan fingerprint density at radius 2 is 1.90 bits per heavy atom. The number of esters is 1. The summed E-state index contributed by atoms with van der Waals surface area (Å²) in [5.74, 6) is 1.68. The minimum Gasteiger partial charge on any atom is -0.469 e. The van der Waals surface area contributed by atoms with Crippen molar-refractivity contribution in [1.29, 1.82) is 5.26 Å². The van der Waals surface area contributed by atoms with E-state index in [1.54, 1.807) is 31.6 Å². The van der Waals surface area contributed by atoms with Crippen molar-refractivity contribution in [2.75, 3.05) is 7.05 Å². The zero-order chi connectivity index (χ0) is 29.3. The highest BCUT2D eigenvalue weighted by Gasteiger charge is 2.61. The molecule has 0 spiro atoms. The van der Waals surface area contributed by atoms with E-state index in [0.29, 0.717) is 17.5 Å². The summed E-state index contributed by atoms with van der Waals surface area (Å²) in [6.07, 6.45) is 8.06. The predicted molar refractivity (Wildman–Crippen MR) is 157 cm³/mol. The van der Waals surface area contributed by atoms with Gasteiger partial charge in [-0.05, 0) is 55.4 Å². The highest BCUT2D eigenvalue weighted by Crippen LogP contribution is 2.59. The van der Waals surface area contributed by atoms with E-state index < -0.39 is 0 Å². The molecule has 1 aliphatic carbocycles. The molecule has 2 unspecified atom stereocenters. The molecule has 2 heterocycles. The number of furan rings is 1. The van der Waals surface area contributed by atoms with Gasteiger partial charge >= 0.3 is 5.97 Å². The first kappa shape index (κ1) is 30.6. The maximum absolute atomic E-state index is 12.4. The molecule has 1 aliphatic rings. The third-order valence-corrected chi connectivity index (χ3v) is 7.18. The summed E-state index contributed by atoms with van der Waals surface area (Å²) in [7, 11) is 1.87. The minimum absolute atomic E-state index is 0.0107. The molecule has 0 saturated heterocycles. The van der Waals surface area contributed by atoms with Crippen LogP contribution in [-0.2, 0) is 29.1 Å². The topological polar surface area (TPSA) is 91.7 Å². The smallest absolute Gasteiger partial charge is 0.310 e. The summed E-state index contributed by atoms with van der Waals surface area (Å²) in [5.41, 5.74) is 4.35. The van der Waals surface area contributed by atoms with Crippen LogP contribution in [0.1, 0.15) is 57.1 Å². The molecular weight excluding hydrogens is 524 g/mol. The Balaban J connectivity index is 0.000000252. The zero-order valence-electron chi connectivity index (χ0n) is 24.0. The van der Waals surface area contributed by atoms with Crippen LogP contribution in [0.5, 0.6) is 0 Å². The van der Waals surface area contributed by atoms with E-state index in [-0.39, 0.29) is 29.8 Å². The molecule has 7 nitrogen and oxygen atoms in total. The number of pyridine rings is 1. The van der Waals surface area contributed by atoms with E-state index in [0.717, 1.165) is 23.3 Å². The molecule has 1 aromatic carbocycles. The predicted octanol–water partition coefficient (Wildman–Crippen LogP) is 7.22. The number of nitriles is 1. The van der Waals surface area contributed by atoms with Crippen LogP contribution in [-0.4, -0.2) is 28.7 Å². The fourth-order valence-electron chi connectivity index (χ4n) is 4.48. The maximum Gasteiger partial charge on any atom is 0.310 e. The largest absolute Gasteiger partial charge is 0.469 e. The van der Waals surface area contributed by atoms with E-state index in [1.165, 1.54) is 11.1 Å². The third-order valence-electron chi connectivity index (χ3n) is 6.96. The number of amidine groups is 1. The molecule has 0 N–H and O–H groups in total. The summed E-state index contributed by atoms with van der Waals surface area (Å²) >= 11 is 5.67. The molecule has 210 valence electrons. The average molecular weight is 561 g/mol. The molecule has 0 aliphatic heterocycles. The first-order valence-electron chi connectivity index (χ1n) is 13.2. The molecule has 1 saturated carbocycles. The molecule has 3 aromatic rings. The molecule has 1 fully saturated rings. The van der Waals surface area contributed by atoms with Gasteiger partial charge in [0.05, 0.1) is 12.2 Å². The van der Waals surface area contributed by atoms with Gasteiger partial charge in [-0.2, -0.15) is 10.3 Å². The summed E-state index contributed by atoms with van der Waals surface area (Å²) < 4.78 is 11.1. The lowest BCUT2D eigenvalue weighted by Gasteiger charge is -2.17. The number of hydrogen-bond acceptors (Lipinski definition) is 6. The lowest BCUT2D eigenvalue weighted by Crippen LogP contribution is -2.23. The number of allylic oxidation sites excluding steroid dienone is 2. The number of ether oxygens (including phenoxy) is 1. The number of aromatic nitrogens is 1. The van der Waals surface area contributed by atoms with Gasteiger partial charge in [-0.1, -0.05) is 73.5 Å². The molecular formula is C32H37ClN4O3. The monoisotopic (exact) mass is 560 g/mol. The van der Waals surface area contributed by atoms with Crippen LogP contribution in [0.2, 0.25) is 5.15 Å². The number of benzene rings is 1. The normalized spacial score (nSPS) is 17.1. The van der Waals surface area contributed by atoms with Crippen molar-refractivity contribution in [1.82, 2.24) is 9.88 Å². The Hall–Kier alpha value is -3.89. The van der Waals surface area contributed by atoms with Gasteiger partial charge in [0, 0.05) is 31.8 Å². The fraction of sp³-hybridized carbons (Fsp3) is 0.375. The molecule has 4 rings (SSSR count). The zero-order valence-corrected chi connectivity index (χ0v) is 24.8. The molecule has 0 radical (unpaired) electrons. The standard InChI is InChI=1S/C22H26O3.C10H11ClN4/c1-15(2)10-19-20(22(19,3)4)21(23)25-14-17-12-18(24-13-17)11-16-8-6-5-7-9-16;1-8(14-7-12)15(2)6-9-3-4-10(11)13-5-9/h5-10,12-13,19-20H,11,14H2,1-4H3;3-5H,6H2,1-2H3/b;14-8+. The lowest BCUT2D eigenvalue weighted by atomic mass is 10.1. The molecule has 0 bridgehead atoms. The van der Waals surface area contributed by atoms with Crippen LogP contribution in [0.4, 0.5) is 0 Å². The van der Waals surface area contributed by atoms with Crippen molar-refractivity contribution in [2.24, 2.45) is 22.2 Å². The van der Waals surface area contributed by atoms with Crippen LogP contribution in [0.3, 0.4) is 0 Å². The molecule has 0 amide bonds. The molecule has 2 atom stereocenters. The minimum atomic E-state index is -0.113. The second kappa shape index (κ2) is 14.0. The SMILES string of the molecule is C/C(=N\C#N)N(C)Cc1ccc(Cl)nc1.CC(C)=CC1C(C(=O)OCc2coc(Cc3ccccc3)c2)C1(C)C. The number of aliphatic imine (C=N–C) groups is 1. The number of carbonyl (C=O) groups excluding carboxylic acids is 1. The third kappa shape index (κ3) is 8.82. The average Bonchev–Trinajstić information content (AvgIpc) is 3.21. The van der Waals surface area contributed by atoms with Gasteiger partial charge < -0.3 is 14.1 Å². The van der Waals surface area contributed by atoms with Gasteiger partial charge in [0.1, 0.15) is 23.4 Å². The van der Waals surface area contributed by atoms with Crippen LogP contribution in [0.15, 0.2) is 82.0 Å². The van der Waals surface area contributed by atoms with Crippen molar-refractivity contribution >= 4 is 23.4 Å². The Morgan fingerprint density at radius 3 is 2.52 bits per heavy atom. The van der Waals surface area contributed by atoms with Crippen molar-refractivity contribution in [3.8, 4) is 6.19 Å². The lowest BCUT2D eigenvalue weighted by molar-refractivity contribution is -0.147. The number of carbonyl (C=O) groups is 1. The number of nitrogens with zero attached hydrogens (tertiary/aromatic N) is 4. The summed E-state index contributed by atoms with van der Waals surface area (Å²) in [5, 5.41) is 8.87. The van der Waals surface area contributed by atoms with Gasteiger partial charge in [-0.3, -0.25) is 4.79 Å². The van der Waals surface area contributed by atoms with Crippen LogP contribution in [0.25, 0.3) is 0 Å². The van der Waals surface area contributed by atoms with Gasteiger partial charge in [-0.15, -0.1) is 0 Å². The quantitative estimate of drug-likeness (QED) is 0.0721. The van der Waals surface area contributed by atoms with Crippen LogP contribution in [0, 0.1) is 28.7 Å². The summed E-state index contributed by atoms with van der Waals surface area (Å²) in [4.78, 5) is 21.9. The van der Waals surface area contributed by atoms with Crippen LogP contribution >= 0.6 is 11.6 Å². The van der Waals surface area contributed by atoms with E-state index in [1.807, 2.05) is 42.3 Å². The summed E-state index contributed by atoms with van der Waals surface area (Å²) in [6.45, 7) is 11.1. The highest BCUT2D eigenvalue weighted by molar-refractivity contribution is 6.29. The fourth-order valence-corrected chi connectivity index (χ4v) is 4.59. The van der Waals surface area contributed by atoms with Crippen molar-refractivity contribution in [3.05, 3.63) is 100 Å². The van der Waals surface area contributed by atoms with Gasteiger partial charge in [-0.25, -0.2) is 4.98 Å². The Kier molecular flexibility index (Phi) is 10.7. The second-order valence-corrected chi connectivity index (χ2v) is 11.3. The maximum atomic E-state index is 12.4. The second-order valence-electron chi connectivity index (χ2n) is 10.9. The van der Waals surface area contributed by atoms with Crippen molar-refractivity contribution in [2.45, 2.75) is 54.2 Å². The van der Waals surface area contributed by atoms with Crippen LogP contribution < -0.4 is 0 Å². The van der Waals surface area contributed by atoms with E-state index in [4.69, 9.17) is 26.0 Å². The molecule has 40 heavy (non-hydrogen) atoms. The van der Waals surface area contributed by atoms with E-state index in [9.17, 15) is 4.79 Å². The number of halogens is 1. The van der Waals surface area contributed by atoms with Gasteiger partial charge in [0.2, 0.25) is 6.19 Å². The van der Waals surface area contributed by atoms with Crippen molar-refractivity contribution in [3.63, 3.8) is 0 Å². The highest BCUT2D eigenvalue weighted by atomic mass is 35.5. The van der Waals surface area contributed by atoms with E-state index >= 15 is 0 Å². The number of rotatable bonds is 8. The summed E-state index contributed by atoms with van der Waals surface area (Å²) in [6, 6.07) is 15.8. The Labute approximate surface area is 242 Å². The molecule has 8 heteroatoms. The Bertz CT molecular complexity index is 1370. The first-order chi connectivity index (χ1) is 19.0. The van der Waals surface area contributed by atoms with Gasteiger partial charge in [0.25, 0.3) is 0 Å². The van der Waals surface area contributed by atoms with Crippen molar-refractivity contribution < 1.29 is 13.9 Å². The Morgan fingerprint density at radius 1 is 1.18 bits per heavy atom. The first-order valence-corrected chi connectivity index (χ1v) is 13.6. The van der Waals surface area contributed by atoms with E-state index in [2.05, 4.69) is 55.9 Å². The number of hydrogen-bond donors (Lipinski definition) is 0.